The molecular weight excluding hydrogens is 486 g/mol. The number of rotatable bonds is 2. The van der Waals surface area contributed by atoms with E-state index in [1.165, 1.54) is 18.0 Å². The Hall–Kier alpha value is -2.79. The highest BCUT2D eigenvalue weighted by atomic mass is 79.9. The monoisotopic (exact) mass is 505 g/mol. The fourth-order valence-electron chi connectivity index (χ4n) is 3.25. The number of pyridine rings is 1. The number of esters is 1. The van der Waals surface area contributed by atoms with E-state index in [-0.39, 0.29) is 5.01 Å². The number of hydrogen-bond donors (Lipinski definition) is 0. The molecule has 9 nitrogen and oxygen atoms in total. The van der Waals surface area contributed by atoms with E-state index in [1.54, 1.807) is 25.3 Å². The number of thiazole rings is 1. The van der Waals surface area contributed by atoms with Gasteiger partial charge in [0.2, 0.25) is 5.01 Å². The first-order valence-corrected chi connectivity index (χ1v) is 11.0. The van der Waals surface area contributed by atoms with Gasteiger partial charge in [-0.1, -0.05) is 11.3 Å². The lowest BCUT2D eigenvalue weighted by atomic mass is 10.0. The third-order valence-electron chi connectivity index (χ3n) is 4.77. The largest absolute Gasteiger partial charge is 0.464 e. The molecule has 0 aliphatic rings. The first kappa shape index (κ1) is 21.4. The Balaban J connectivity index is 2.05. The summed E-state index contributed by atoms with van der Waals surface area (Å²) < 4.78 is 14.2. The zero-order valence-electron chi connectivity index (χ0n) is 17.8. The minimum atomic E-state index is -0.714. The highest BCUT2D eigenvalue weighted by molar-refractivity contribution is 9.10. The number of fused-ring (bicyclic) bond motifs is 2. The van der Waals surface area contributed by atoms with Crippen molar-refractivity contribution in [3.8, 4) is 11.3 Å². The molecule has 0 atom stereocenters. The Morgan fingerprint density at radius 3 is 2.55 bits per heavy atom. The van der Waals surface area contributed by atoms with Gasteiger partial charge in [-0.05, 0) is 61.7 Å². The fraction of sp³-hybridized carbons (Fsp3) is 0.350. The minimum Gasteiger partial charge on any atom is -0.464 e. The van der Waals surface area contributed by atoms with Crippen LogP contribution in [0.3, 0.4) is 0 Å². The number of carbonyl (C=O) groups is 2. The van der Waals surface area contributed by atoms with Crippen molar-refractivity contribution in [1.82, 2.24) is 24.1 Å². The average molecular weight is 506 g/mol. The topological polar surface area (TPSA) is 101 Å². The summed E-state index contributed by atoms with van der Waals surface area (Å²) in [4.78, 5) is 34.5. The summed E-state index contributed by atoms with van der Waals surface area (Å²) in [6, 6.07) is 0. The van der Waals surface area contributed by atoms with Gasteiger partial charge in [-0.25, -0.2) is 28.6 Å². The van der Waals surface area contributed by atoms with E-state index in [0.717, 1.165) is 33.7 Å². The van der Waals surface area contributed by atoms with Crippen LogP contribution in [0.1, 0.15) is 41.7 Å². The van der Waals surface area contributed by atoms with Gasteiger partial charge in [0.1, 0.15) is 22.3 Å². The zero-order valence-corrected chi connectivity index (χ0v) is 20.2. The van der Waals surface area contributed by atoms with Crippen LogP contribution >= 0.6 is 27.3 Å². The van der Waals surface area contributed by atoms with E-state index in [2.05, 4.69) is 31.0 Å². The summed E-state index contributed by atoms with van der Waals surface area (Å²) in [5.41, 5.74) is 3.70. The average Bonchev–Trinajstić information content (AvgIpc) is 3.38. The van der Waals surface area contributed by atoms with Crippen LogP contribution in [-0.4, -0.2) is 48.9 Å². The van der Waals surface area contributed by atoms with Crippen LogP contribution in [0.2, 0.25) is 0 Å². The Bertz CT molecular complexity index is 1360. The van der Waals surface area contributed by atoms with Crippen LogP contribution in [0.25, 0.3) is 27.3 Å². The Kier molecular flexibility index (Phi) is 5.13. The molecule has 0 aromatic carbocycles. The number of halogens is 1. The normalized spacial score (nSPS) is 12.0. The number of methoxy groups -OCH3 is 1. The highest BCUT2D eigenvalue weighted by Crippen LogP contribution is 2.42. The Labute approximate surface area is 190 Å². The first-order chi connectivity index (χ1) is 14.5. The quantitative estimate of drug-likeness (QED) is 0.362. The summed E-state index contributed by atoms with van der Waals surface area (Å²) >= 11 is 4.67. The molecule has 162 valence electrons. The first-order valence-electron chi connectivity index (χ1n) is 9.35. The lowest BCUT2D eigenvalue weighted by Crippen LogP contribution is -2.27. The van der Waals surface area contributed by atoms with E-state index < -0.39 is 17.7 Å². The molecule has 4 aromatic rings. The third kappa shape index (κ3) is 3.51. The van der Waals surface area contributed by atoms with Crippen molar-refractivity contribution < 1.29 is 19.1 Å². The van der Waals surface area contributed by atoms with Gasteiger partial charge in [-0.2, -0.15) is 5.10 Å². The van der Waals surface area contributed by atoms with Crippen molar-refractivity contribution in [2.24, 2.45) is 0 Å². The molecule has 0 fully saturated rings. The van der Waals surface area contributed by atoms with Crippen molar-refractivity contribution >= 4 is 55.3 Å². The molecule has 4 aromatic heterocycles. The lowest BCUT2D eigenvalue weighted by Gasteiger charge is -2.21. The van der Waals surface area contributed by atoms with Gasteiger partial charge >= 0.3 is 12.1 Å². The summed E-state index contributed by atoms with van der Waals surface area (Å²) in [6.07, 6.45) is 2.72. The van der Waals surface area contributed by atoms with Crippen molar-refractivity contribution in [1.29, 1.82) is 0 Å². The highest BCUT2D eigenvalue weighted by Gasteiger charge is 2.30. The maximum atomic E-state index is 13.3. The Morgan fingerprint density at radius 2 is 1.90 bits per heavy atom. The van der Waals surface area contributed by atoms with Crippen LogP contribution in [0.15, 0.2) is 17.0 Å². The second-order valence-electron chi connectivity index (χ2n) is 7.96. The third-order valence-corrected chi connectivity index (χ3v) is 6.54. The minimum absolute atomic E-state index is 0.150. The van der Waals surface area contributed by atoms with Gasteiger partial charge in [0.05, 0.1) is 17.3 Å². The maximum Gasteiger partial charge on any atom is 0.420 e. The van der Waals surface area contributed by atoms with Crippen LogP contribution in [0.5, 0.6) is 0 Å². The smallest absolute Gasteiger partial charge is 0.420 e. The van der Waals surface area contributed by atoms with Crippen LogP contribution < -0.4 is 0 Å². The zero-order chi connectivity index (χ0) is 22.7. The molecule has 0 saturated heterocycles. The summed E-state index contributed by atoms with van der Waals surface area (Å²) in [5.74, 6) is -0.568. The van der Waals surface area contributed by atoms with Crippen molar-refractivity contribution in [2.45, 2.75) is 40.2 Å². The molecule has 0 radical (unpaired) electrons. The second-order valence-corrected chi connectivity index (χ2v) is 9.73. The molecule has 0 aliphatic carbocycles. The molecule has 0 bridgehead atoms. The van der Waals surface area contributed by atoms with Gasteiger partial charge in [0.15, 0.2) is 5.65 Å². The van der Waals surface area contributed by atoms with E-state index in [0.29, 0.717) is 20.5 Å². The van der Waals surface area contributed by atoms with Gasteiger partial charge in [-0.3, -0.25) is 0 Å². The molecule has 4 rings (SSSR count). The van der Waals surface area contributed by atoms with Crippen molar-refractivity contribution in [3.63, 3.8) is 0 Å². The predicted molar refractivity (Wildman–Crippen MR) is 120 cm³/mol. The Morgan fingerprint density at radius 1 is 1.19 bits per heavy atom. The van der Waals surface area contributed by atoms with E-state index in [9.17, 15) is 9.59 Å². The van der Waals surface area contributed by atoms with Crippen molar-refractivity contribution in [3.05, 3.63) is 33.1 Å². The van der Waals surface area contributed by atoms with Crippen LogP contribution in [0.4, 0.5) is 4.79 Å². The molecular formula is C20H20BrN5O4S. The number of nitrogens with zero attached hydrogens (tertiary/aromatic N) is 5. The van der Waals surface area contributed by atoms with E-state index >= 15 is 0 Å². The van der Waals surface area contributed by atoms with Crippen molar-refractivity contribution in [2.75, 3.05) is 7.11 Å². The molecule has 0 unspecified atom stereocenters. The number of aromatic nitrogens is 5. The fourth-order valence-corrected chi connectivity index (χ4v) is 5.04. The molecule has 0 amide bonds. The number of aryl methyl sites for hydroxylation is 1. The molecule has 0 N–H and O–H groups in total. The van der Waals surface area contributed by atoms with Crippen LogP contribution in [0, 0.1) is 13.8 Å². The van der Waals surface area contributed by atoms with Crippen LogP contribution in [-0.2, 0) is 9.47 Å². The van der Waals surface area contributed by atoms with E-state index in [4.69, 9.17) is 9.47 Å². The summed E-state index contributed by atoms with van der Waals surface area (Å²) in [6.45, 7) is 9.30. The molecule has 4 heterocycles. The number of carbonyl (C=O) groups excluding carboxylic acids is 2. The predicted octanol–water partition coefficient (Wildman–Crippen LogP) is 4.76. The molecule has 31 heavy (non-hydrogen) atoms. The van der Waals surface area contributed by atoms with Gasteiger partial charge in [-0.15, -0.1) is 0 Å². The maximum absolute atomic E-state index is 13.3. The molecule has 0 saturated carbocycles. The SMILES string of the molecule is COC(=O)c1nc2c(Br)c(-c3cn4ncnc4c(C)c3C)n(C(=O)OC(C)(C)C)c2s1. The molecule has 11 heteroatoms. The molecule has 0 spiro atoms. The standard InChI is InChI=1S/C20H20BrN5O4S/c1-9-10(2)15-22-8-23-25(15)7-11(9)14-12(21)13-17(31-16(24-13)18(27)29-6)26(14)19(28)30-20(3,4)5/h7-8H,1-6H3. The summed E-state index contributed by atoms with van der Waals surface area (Å²) in [7, 11) is 1.29. The van der Waals surface area contributed by atoms with E-state index in [1.807, 2.05) is 20.0 Å². The van der Waals surface area contributed by atoms with Gasteiger partial charge in [0, 0.05) is 11.8 Å². The van der Waals surface area contributed by atoms with Gasteiger partial charge < -0.3 is 9.47 Å². The van der Waals surface area contributed by atoms with Gasteiger partial charge in [0.25, 0.3) is 0 Å². The summed E-state index contributed by atoms with van der Waals surface area (Å²) in [5, 5.41) is 4.40. The number of ether oxygens (including phenoxy) is 2. The number of hydrogen-bond acceptors (Lipinski definition) is 8. The second kappa shape index (κ2) is 7.41. The lowest BCUT2D eigenvalue weighted by molar-refractivity contribution is 0.0545. The molecule has 0 aliphatic heterocycles.